The number of hydrogen-bond acceptors (Lipinski definition) is 5. The van der Waals surface area contributed by atoms with Crippen LogP contribution in [0, 0.1) is 11.3 Å². The summed E-state index contributed by atoms with van der Waals surface area (Å²) in [6, 6.07) is 14.5. The summed E-state index contributed by atoms with van der Waals surface area (Å²) in [6.07, 6.45) is 1.51. The van der Waals surface area contributed by atoms with E-state index in [-0.39, 0.29) is 5.57 Å². The molecule has 6 nitrogen and oxygen atoms in total. The summed E-state index contributed by atoms with van der Waals surface area (Å²) in [7, 11) is 1.54. The second-order valence-electron chi connectivity index (χ2n) is 6.13. The minimum Gasteiger partial charge on any atom is -0.496 e. The van der Waals surface area contributed by atoms with E-state index in [2.05, 4.69) is 10.2 Å². The van der Waals surface area contributed by atoms with Crippen LogP contribution in [0.5, 0.6) is 5.75 Å². The average Bonchev–Trinajstić information content (AvgIpc) is 2.73. The summed E-state index contributed by atoms with van der Waals surface area (Å²) >= 11 is 6.13. The quantitative estimate of drug-likeness (QED) is 0.614. The first-order valence-electron chi connectivity index (χ1n) is 8.81. The zero-order valence-electron chi connectivity index (χ0n) is 15.4. The highest BCUT2D eigenvalue weighted by molar-refractivity contribution is 6.31. The molecule has 1 aliphatic rings. The number of halogens is 1. The summed E-state index contributed by atoms with van der Waals surface area (Å²) in [6.45, 7) is 2.67. The number of amides is 1. The number of ether oxygens (including phenoxy) is 2. The van der Waals surface area contributed by atoms with E-state index in [1.54, 1.807) is 31.4 Å². The summed E-state index contributed by atoms with van der Waals surface area (Å²) in [5, 5.41) is 12.8. The average molecular weight is 398 g/mol. The molecule has 1 amide bonds. The number of nitriles is 1. The molecule has 1 fully saturated rings. The van der Waals surface area contributed by atoms with Gasteiger partial charge in [-0.25, -0.2) is 0 Å². The van der Waals surface area contributed by atoms with Crippen LogP contribution >= 0.6 is 11.6 Å². The van der Waals surface area contributed by atoms with Crippen molar-refractivity contribution in [2.45, 2.75) is 0 Å². The van der Waals surface area contributed by atoms with Gasteiger partial charge in [-0.3, -0.25) is 4.79 Å². The molecule has 144 valence electrons. The van der Waals surface area contributed by atoms with Gasteiger partial charge < -0.3 is 19.7 Å². The van der Waals surface area contributed by atoms with Gasteiger partial charge >= 0.3 is 0 Å². The lowest BCUT2D eigenvalue weighted by Gasteiger charge is -2.30. The van der Waals surface area contributed by atoms with Crippen LogP contribution in [0.25, 0.3) is 6.08 Å². The first kappa shape index (κ1) is 19.7. The smallest absolute Gasteiger partial charge is 0.266 e. The van der Waals surface area contributed by atoms with Gasteiger partial charge in [0.2, 0.25) is 0 Å². The molecule has 1 saturated heterocycles. The van der Waals surface area contributed by atoms with E-state index in [0.717, 1.165) is 5.69 Å². The second-order valence-corrected chi connectivity index (χ2v) is 6.56. The van der Waals surface area contributed by atoms with Crippen molar-refractivity contribution in [2.75, 3.05) is 43.6 Å². The minimum atomic E-state index is -0.509. The van der Waals surface area contributed by atoms with Gasteiger partial charge in [-0.2, -0.15) is 5.26 Å². The second kappa shape index (κ2) is 9.27. The molecule has 0 spiro atoms. The Labute approximate surface area is 168 Å². The van der Waals surface area contributed by atoms with Gasteiger partial charge in [0.15, 0.2) is 0 Å². The number of rotatable bonds is 5. The molecule has 1 aliphatic heterocycles. The van der Waals surface area contributed by atoms with E-state index >= 15 is 0 Å². The highest BCUT2D eigenvalue weighted by atomic mass is 35.5. The molecule has 7 heteroatoms. The number of morpholine rings is 1. The molecule has 2 aromatic carbocycles. The normalized spacial score (nSPS) is 14.3. The molecule has 2 aromatic rings. The number of methoxy groups -OCH3 is 1. The largest absolute Gasteiger partial charge is 0.496 e. The maximum absolute atomic E-state index is 12.8. The van der Waals surface area contributed by atoms with Crippen LogP contribution in [0.3, 0.4) is 0 Å². The zero-order chi connectivity index (χ0) is 19.9. The van der Waals surface area contributed by atoms with Gasteiger partial charge in [-0.15, -0.1) is 0 Å². The van der Waals surface area contributed by atoms with E-state index in [1.165, 1.54) is 6.08 Å². The van der Waals surface area contributed by atoms with Crippen molar-refractivity contribution >= 4 is 35.0 Å². The molecular weight excluding hydrogens is 378 g/mol. The van der Waals surface area contributed by atoms with Crippen molar-refractivity contribution in [3.8, 4) is 11.8 Å². The van der Waals surface area contributed by atoms with Crippen LogP contribution in [0.4, 0.5) is 11.4 Å². The van der Waals surface area contributed by atoms with Crippen molar-refractivity contribution in [3.05, 3.63) is 58.6 Å². The molecule has 3 rings (SSSR count). The van der Waals surface area contributed by atoms with Crippen molar-refractivity contribution < 1.29 is 14.3 Å². The van der Waals surface area contributed by atoms with Gasteiger partial charge in [0.1, 0.15) is 17.4 Å². The Bertz CT molecular complexity index is 931. The molecule has 0 radical (unpaired) electrons. The van der Waals surface area contributed by atoms with Crippen LogP contribution in [-0.2, 0) is 9.53 Å². The zero-order valence-corrected chi connectivity index (χ0v) is 16.2. The van der Waals surface area contributed by atoms with Crippen LogP contribution in [0.2, 0.25) is 5.02 Å². The summed E-state index contributed by atoms with van der Waals surface area (Å²) < 4.78 is 10.7. The molecule has 0 unspecified atom stereocenters. The van der Waals surface area contributed by atoms with Crippen molar-refractivity contribution in [3.63, 3.8) is 0 Å². The number of nitrogens with zero attached hydrogens (tertiary/aromatic N) is 2. The summed E-state index contributed by atoms with van der Waals surface area (Å²) in [5.74, 6) is 0.0741. The molecule has 0 aliphatic carbocycles. The third kappa shape index (κ3) is 4.63. The van der Waals surface area contributed by atoms with Crippen LogP contribution in [-0.4, -0.2) is 39.3 Å². The van der Waals surface area contributed by atoms with E-state index < -0.39 is 5.91 Å². The third-order valence-corrected chi connectivity index (χ3v) is 4.60. The van der Waals surface area contributed by atoms with Crippen molar-refractivity contribution in [1.82, 2.24) is 0 Å². The monoisotopic (exact) mass is 397 g/mol. The molecule has 0 saturated carbocycles. The summed E-state index contributed by atoms with van der Waals surface area (Å²) in [5.41, 5.74) is 2.02. The fourth-order valence-electron chi connectivity index (χ4n) is 2.97. The number of carbonyl (C=O) groups excluding carboxylic acids is 1. The number of para-hydroxylation sites is 1. The van der Waals surface area contributed by atoms with E-state index in [0.29, 0.717) is 48.3 Å². The van der Waals surface area contributed by atoms with Gasteiger partial charge in [0, 0.05) is 23.7 Å². The van der Waals surface area contributed by atoms with Crippen LogP contribution < -0.4 is 15.0 Å². The van der Waals surface area contributed by atoms with Gasteiger partial charge in [-0.05, 0) is 30.3 Å². The lowest BCUT2D eigenvalue weighted by atomic mass is 10.1. The molecule has 1 N–H and O–H groups in total. The van der Waals surface area contributed by atoms with Gasteiger partial charge in [0.05, 0.1) is 31.7 Å². The molecule has 1 heterocycles. The Morgan fingerprint density at radius 3 is 2.75 bits per heavy atom. The Balaban J connectivity index is 1.88. The minimum absolute atomic E-state index is 0.0302. The number of carbonyl (C=O) groups is 1. The predicted octanol–water partition coefficient (Wildman–Crippen LogP) is 3.73. The Morgan fingerprint density at radius 1 is 1.29 bits per heavy atom. The maximum atomic E-state index is 12.8. The van der Waals surface area contributed by atoms with Gasteiger partial charge in [-0.1, -0.05) is 29.8 Å². The number of nitrogens with one attached hydrogen (secondary N) is 1. The third-order valence-electron chi connectivity index (χ3n) is 4.36. The summed E-state index contributed by atoms with van der Waals surface area (Å²) in [4.78, 5) is 14.9. The first-order valence-corrected chi connectivity index (χ1v) is 9.18. The highest BCUT2D eigenvalue weighted by Crippen LogP contribution is 2.30. The standard InChI is InChI=1S/C21H20ClN3O3/c1-27-20-5-3-2-4-15(20)12-16(14-23)21(26)24-18-13-17(22)6-7-19(18)25-8-10-28-11-9-25/h2-7,12-13H,8-11H2,1H3,(H,24,26)/b16-12+. The molecule has 0 aromatic heterocycles. The topological polar surface area (TPSA) is 74.6 Å². The lowest BCUT2D eigenvalue weighted by molar-refractivity contribution is -0.112. The lowest BCUT2D eigenvalue weighted by Crippen LogP contribution is -2.36. The maximum Gasteiger partial charge on any atom is 0.266 e. The van der Waals surface area contributed by atoms with E-state index in [1.807, 2.05) is 24.3 Å². The predicted molar refractivity (Wildman–Crippen MR) is 110 cm³/mol. The Hall–Kier alpha value is -3.01. The SMILES string of the molecule is COc1ccccc1/C=C(\C#N)C(=O)Nc1cc(Cl)ccc1N1CCOCC1. The fraction of sp³-hybridized carbons (Fsp3) is 0.238. The highest BCUT2D eigenvalue weighted by Gasteiger charge is 2.18. The van der Waals surface area contributed by atoms with Gasteiger partial charge in [0.25, 0.3) is 5.91 Å². The van der Waals surface area contributed by atoms with Crippen LogP contribution in [0.1, 0.15) is 5.56 Å². The number of anilines is 2. The molecule has 0 atom stereocenters. The Morgan fingerprint density at radius 2 is 2.04 bits per heavy atom. The fourth-order valence-corrected chi connectivity index (χ4v) is 3.14. The molecular formula is C21H20ClN3O3. The Kier molecular flexibility index (Phi) is 6.53. The molecule has 0 bridgehead atoms. The van der Waals surface area contributed by atoms with E-state index in [9.17, 15) is 10.1 Å². The number of hydrogen-bond donors (Lipinski definition) is 1. The van der Waals surface area contributed by atoms with Crippen molar-refractivity contribution in [2.24, 2.45) is 0 Å². The van der Waals surface area contributed by atoms with Crippen LogP contribution in [0.15, 0.2) is 48.0 Å². The van der Waals surface area contributed by atoms with Crippen molar-refractivity contribution in [1.29, 1.82) is 5.26 Å². The first-order chi connectivity index (χ1) is 13.6. The molecule has 28 heavy (non-hydrogen) atoms. The van der Waals surface area contributed by atoms with E-state index in [4.69, 9.17) is 21.1 Å². The number of benzene rings is 2.